The number of aryl methyl sites for hydroxylation is 3. The van der Waals surface area contributed by atoms with Crippen LogP contribution in [0.2, 0.25) is 0 Å². The van der Waals surface area contributed by atoms with E-state index in [0.717, 1.165) is 16.5 Å². The van der Waals surface area contributed by atoms with E-state index in [1.54, 1.807) is 21.0 Å². The van der Waals surface area contributed by atoms with Crippen molar-refractivity contribution in [1.82, 2.24) is 19.3 Å². The van der Waals surface area contributed by atoms with Gasteiger partial charge >= 0.3 is 0 Å². The van der Waals surface area contributed by atoms with Gasteiger partial charge in [0.2, 0.25) is 0 Å². The normalized spacial score (nSPS) is 11.3. The van der Waals surface area contributed by atoms with Gasteiger partial charge < -0.3 is 0 Å². The molecule has 5 nitrogen and oxygen atoms in total. The van der Waals surface area contributed by atoms with Crippen LogP contribution in [0.25, 0.3) is 11.0 Å². The van der Waals surface area contributed by atoms with Gasteiger partial charge in [0, 0.05) is 12.3 Å². The summed E-state index contributed by atoms with van der Waals surface area (Å²) in [5.74, 6) is 0.766. The third-order valence-electron chi connectivity index (χ3n) is 5.01. The zero-order valence-electron chi connectivity index (χ0n) is 16.9. The lowest BCUT2D eigenvalue weighted by atomic mass is 10.1. The minimum absolute atomic E-state index is 0.0884. The molecule has 2 aromatic carbocycles. The summed E-state index contributed by atoms with van der Waals surface area (Å²) in [6.07, 6.45) is 1.85. The lowest BCUT2D eigenvalue weighted by Gasteiger charge is -2.13. The molecule has 0 amide bonds. The highest BCUT2D eigenvalue weighted by Gasteiger charge is 2.15. The number of nitrogens with zero attached hydrogens (tertiary/aromatic N) is 4. The Morgan fingerprint density at radius 2 is 1.86 bits per heavy atom. The molecule has 0 aliphatic rings. The van der Waals surface area contributed by atoms with Crippen LogP contribution in [0.3, 0.4) is 0 Å². The maximum atomic E-state index is 13.2. The first kappa shape index (κ1) is 19.5. The molecule has 2 aromatic heterocycles. The third-order valence-corrected chi connectivity index (χ3v) is 6.03. The molecule has 0 atom stereocenters. The minimum Gasteiger partial charge on any atom is -0.281 e. The van der Waals surface area contributed by atoms with Crippen LogP contribution in [0.4, 0.5) is 0 Å². The molecule has 0 saturated carbocycles. The zero-order chi connectivity index (χ0) is 20.4. The number of rotatable bonds is 6. The van der Waals surface area contributed by atoms with E-state index < -0.39 is 0 Å². The van der Waals surface area contributed by atoms with Crippen molar-refractivity contribution < 1.29 is 0 Å². The van der Waals surface area contributed by atoms with E-state index >= 15 is 0 Å². The smallest absolute Gasteiger partial charge is 0.281 e. The maximum absolute atomic E-state index is 13.2. The van der Waals surface area contributed by atoms with E-state index in [2.05, 4.69) is 37.1 Å². The summed E-state index contributed by atoms with van der Waals surface area (Å²) in [7, 11) is 0. The summed E-state index contributed by atoms with van der Waals surface area (Å²) in [5, 5.41) is 5.15. The molecule has 0 bridgehead atoms. The van der Waals surface area contributed by atoms with Crippen molar-refractivity contribution in [2.24, 2.45) is 0 Å². The highest BCUT2D eigenvalue weighted by atomic mass is 32.2. The van der Waals surface area contributed by atoms with E-state index in [4.69, 9.17) is 4.98 Å². The number of hydrogen-bond donors (Lipinski definition) is 0. The Morgan fingerprint density at radius 1 is 1.07 bits per heavy atom. The first-order chi connectivity index (χ1) is 14.0. The first-order valence-corrected chi connectivity index (χ1v) is 10.7. The van der Waals surface area contributed by atoms with Crippen LogP contribution >= 0.6 is 11.8 Å². The lowest BCUT2D eigenvalue weighted by molar-refractivity contribution is 0.650. The summed E-state index contributed by atoms with van der Waals surface area (Å²) in [6.45, 7) is 7.41. The lowest BCUT2D eigenvalue weighted by Crippen LogP contribution is -2.24. The minimum atomic E-state index is -0.0884. The van der Waals surface area contributed by atoms with Crippen LogP contribution in [0, 0.1) is 13.8 Å². The van der Waals surface area contributed by atoms with E-state index in [-0.39, 0.29) is 5.56 Å². The summed E-state index contributed by atoms with van der Waals surface area (Å²) < 4.78 is 3.52. The van der Waals surface area contributed by atoms with Crippen molar-refractivity contribution >= 4 is 22.8 Å². The summed E-state index contributed by atoms with van der Waals surface area (Å²) in [5.41, 5.74) is 5.82. The average Bonchev–Trinajstić information content (AvgIpc) is 3.15. The van der Waals surface area contributed by atoms with Crippen molar-refractivity contribution in [2.75, 3.05) is 0 Å². The van der Waals surface area contributed by atoms with E-state index in [1.807, 2.05) is 43.5 Å². The Kier molecular flexibility index (Phi) is 5.53. The van der Waals surface area contributed by atoms with Gasteiger partial charge in [0.15, 0.2) is 10.7 Å². The van der Waals surface area contributed by atoms with Gasteiger partial charge in [-0.15, -0.1) is 0 Å². The molecule has 0 saturated heterocycles. The average molecular weight is 405 g/mol. The molecule has 0 N–H and O–H groups in total. The van der Waals surface area contributed by atoms with Gasteiger partial charge in [0.1, 0.15) is 5.52 Å². The Labute approximate surface area is 174 Å². The SMILES string of the molecule is CCn1cc2nc(SCc3cc(C)ccc3C)n(Cc3ccccc3)c(=O)c2n1. The Bertz CT molecular complexity index is 1210. The molecule has 0 fully saturated rings. The van der Waals surface area contributed by atoms with Gasteiger partial charge in [-0.3, -0.25) is 14.0 Å². The topological polar surface area (TPSA) is 52.7 Å². The van der Waals surface area contributed by atoms with Gasteiger partial charge in [0.05, 0.1) is 12.7 Å². The fraction of sp³-hybridized carbons (Fsp3) is 0.261. The van der Waals surface area contributed by atoms with Gasteiger partial charge in [-0.1, -0.05) is 65.9 Å². The molecule has 148 valence electrons. The molecular formula is C23H24N4OS. The summed E-state index contributed by atoms with van der Waals surface area (Å²) >= 11 is 1.60. The van der Waals surface area contributed by atoms with Crippen molar-refractivity contribution in [2.45, 2.75) is 44.8 Å². The van der Waals surface area contributed by atoms with E-state index in [0.29, 0.717) is 24.1 Å². The molecular weight excluding hydrogens is 380 g/mol. The van der Waals surface area contributed by atoms with E-state index in [9.17, 15) is 4.79 Å². The summed E-state index contributed by atoms with van der Waals surface area (Å²) in [4.78, 5) is 18.1. The largest absolute Gasteiger partial charge is 0.282 e. The Morgan fingerprint density at radius 3 is 2.62 bits per heavy atom. The van der Waals surface area contributed by atoms with Crippen LogP contribution in [-0.2, 0) is 18.8 Å². The molecule has 2 heterocycles. The quantitative estimate of drug-likeness (QED) is 0.349. The molecule has 0 unspecified atom stereocenters. The van der Waals surface area contributed by atoms with Gasteiger partial charge in [0.25, 0.3) is 5.56 Å². The second-order valence-corrected chi connectivity index (χ2v) is 8.15. The second-order valence-electron chi connectivity index (χ2n) is 7.21. The number of fused-ring (bicyclic) bond motifs is 1. The Balaban J connectivity index is 1.76. The number of aromatic nitrogens is 4. The molecule has 0 aliphatic heterocycles. The highest BCUT2D eigenvalue weighted by Crippen LogP contribution is 2.25. The third kappa shape index (κ3) is 4.12. The van der Waals surface area contributed by atoms with Crippen LogP contribution in [0.15, 0.2) is 64.7 Å². The molecule has 6 heteroatoms. The maximum Gasteiger partial charge on any atom is 0.282 e. The zero-order valence-corrected chi connectivity index (χ0v) is 17.7. The van der Waals surface area contributed by atoms with Crippen molar-refractivity contribution in [3.05, 3.63) is 87.3 Å². The molecule has 4 rings (SSSR count). The standard InChI is InChI=1S/C23H24N4OS/c1-4-26-14-20-21(25-26)22(28)27(13-18-8-6-5-7-9-18)23(24-20)29-15-19-12-16(2)10-11-17(19)3/h5-12,14H,4,13,15H2,1-3H3. The van der Waals surface area contributed by atoms with Crippen molar-refractivity contribution in [1.29, 1.82) is 0 Å². The molecule has 29 heavy (non-hydrogen) atoms. The van der Waals surface area contributed by atoms with Crippen LogP contribution in [-0.4, -0.2) is 19.3 Å². The van der Waals surface area contributed by atoms with Crippen LogP contribution in [0.1, 0.15) is 29.2 Å². The summed E-state index contributed by atoms with van der Waals surface area (Å²) in [6, 6.07) is 16.5. The van der Waals surface area contributed by atoms with Crippen molar-refractivity contribution in [3.63, 3.8) is 0 Å². The monoisotopic (exact) mass is 404 g/mol. The van der Waals surface area contributed by atoms with E-state index in [1.165, 1.54) is 16.7 Å². The highest BCUT2D eigenvalue weighted by molar-refractivity contribution is 7.98. The Hall–Kier alpha value is -2.86. The second kappa shape index (κ2) is 8.25. The number of thioether (sulfide) groups is 1. The molecule has 0 aliphatic carbocycles. The van der Waals surface area contributed by atoms with Crippen LogP contribution < -0.4 is 5.56 Å². The molecule has 0 spiro atoms. The van der Waals surface area contributed by atoms with Crippen molar-refractivity contribution in [3.8, 4) is 0 Å². The van der Waals surface area contributed by atoms with Crippen LogP contribution in [0.5, 0.6) is 0 Å². The molecule has 4 aromatic rings. The number of hydrogen-bond acceptors (Lipinski definition) is 4. The predicted molar refractivity (Wildman–Crippen MR) is 118 cm³/mol. The molecule has 0 radical (unpaired) electrons. The first-order valence-electron chi connectivity index (χ1n) is 9.76. The predicted octanol–water partition coefficient (Wildman–Crippen LogP) is 4.57. The van der Waals surface area contributed by atoms with Gasteiger partial charge in [-0.25, -0.2) is 4.98 Å². The number of benzene rings is 2. The fourth-order valence-electron chi connectivity index (χ4n) is 3.30. The van der Waals surface area contributed by atoms with Gasteiger partial charge in [-0.2, -0.15) is 5.10 Å². The fourth-order valence-corrected chi connectivity index (χ4v) is 4.36. The van der Waals surface area contributed by atoms with Gasteiger partial charge in [-0.05, 0) is 37.5 Å².